The van der Waals surface area contributed by atoms with Crippen molar-refractivity contribution in [2.75, 3.05) is 14.2 Å². The molecule has 2 heterocycles. The van der Waals surface area contributed by atoms with Gasteiger partial charge >= 0.3 is 0 Å². The fourth-order valence-electron chi connectivity index (χ4n) is 4.06. The van der Waals surface area contributed by atoms with Crippen LogP contribution in [0.25, 0.3) is 0 Å². The Kier molecular flexibility index (Phi) is 4.74. The molecule has 0 fully saturated rings. The van der Waals surface area contributed by atoms with E-state index < -0.39 is 0 Å². The van der Waals surface area contributed by atoms with Crippen molar-refractivity contribution >= 4 is 23.0 Å². The third-order valence-corrected chi connectivity index (χ3v) is 6.33. The fraction of sp³-hybridized carbons (Fsp3) is 0.333. The van der Waals surface area contributed by atoms with Gasteiger partial charge in [0.1, 0.15) is 11.5 Å². The Morgan fingerprint density at radius 1 is 1.07 bits per heavy atom. The lowest BCUT2D eigenvalue weighted by atomic mass is 9.74. The Morgan fingerprint density at radius 2 is 1.93 bits per heavy atom. The number of ketones is 1. The summed E-state index contributed by atoms with van der Waals surface area (Å²) in [6.07, 6.45) is 1.38. The Morgan fingerprint density at radius 3 is 2.63 bits per heavy atom. The predicted octanol–water partition coefficient (Wildman–Crippen LogP) is 3.77. The standard InChI is InChI=1S/C21H21NO4S/c1-25-13-5-6-18(26-2)14(10-13)15-11-20(24)22-16-8-12(9-17(23)21(15)16)19-4-3-7-27-19/h3-7,10,12,15H,8-9,11H2,1-2H3,(H,22,24)/t12-,15-/m1/s1. The molecule has 2 aromatic rings. The maximum Gasteiger partial charge on any atom is 0.225 e. The van der Waals surface area contributed by atoms with Crippen molar-refractivity contribution in [2.24, 2.45) is 0 Å². The normalized spacial score (nSPS) is 22.3. The van der Waals surface area contributed by atoms with Gasteiger partial charge < -0.3 is 14.8 Å². The molecule has 1 N–H and O–H groups in total. The zero-order valence-corrected chi connectivity index (χ0v) is 16.1. The van der Waals surface area contributed by atoms with Crippen LogP contribution in [0.2, 0.25) is 0 Å². The maximum absolute atomic E-state index is 13.1. The average Bonchev–Trinajstić information content (AvgIpc) is 3.21. The lowest BCUT2D eigenvalue weighted by molar-refractivity contribution is -0.122. The SMILES string of the molecule is COc1ccc(OC)c([C@H]2CC(=O)NC3=C2C(=O)C[C@H](c2cccs2)C3)c1. The summed E-state index contributed by atoms with van der Waals surface area (Å²) < 4.78 is 10.9. The Labute approximate surface area is 162 Å². The number of thiophene rings is 1. The largest absolute Gasteiger partial charge is 0.497 e. The van der Waals surface area contributed by atoms with Gasteiger partial charge in [0.2, 0.25) is 5.91 Å². The number of nitrogens with one attached hydrogen (secondary N) is 1. The van der Waals surface area contributed by atoms with Gasteiger partial charge in [-0.15, -0.1) is 11.3 Å². The number of ether oxygens (including phenoxy) is 2. The first-order chi connectivity index (χ1) is 13.1. The van der Waals surface area contributed by atoms with Gasteiger partial charge in [0.15, 0.2) is 5.78 Å². The number of amides is 1. The summed E-state index contributed by atoms with van der Waals surface area (Å²) in [6, 6.07) is 9.56. The van der Waals surface area contributed by atoms with E-state index in [9.17, 15) is 9.59 Å². The van der Waals surface area contributed by atoms with Crippen LogP contribution in [0, 0.1) is 0 Å². The number of methoxy groups -OCH3 is 2. The molecule has 1 aromatic carbocycles. The molecule has 0 saturated carbocycles. The van der Waals surface area contributed by atoms with E-state index in [1.165, 1.54) is 4.88 Å². The van der Waals surface area contributed by atoms with Crippen molar-refractivity contribution in [1.29, 1.82) is 0 Å². The summed E-state index contributed by atoms with van der Waals surface area (Å²) in [5.74, 6) is 1.19. The van der Waals surface area contributed by atoms with Gasteiger partial charge in [0.25, 0.3) is 0 Å². The molecule has 4 rings (SSSR count). The summed E-state index contributed by atoms with van der Waals surface area (Å²) in [5, 5.41) is 4.98. The minimum Gasteiger partial charge on any atom is -0.497 e. The number of rotatable bonds is 4. The molecule has 27 heavy (non-hydrogen) atoms. The minimum absolute atomic E-state index is 0.0664. The van der Waals surface area contributed by atoms with E-state index in [0.29, 0.717) is 29.9 Å². The second kappa shape index (κ2) is 7.19. The highest BCUT2D eigenvalue weighted by Gasteiger charge is 2.39. The number of carbonyl (C=O) groups excluding carboxylic acids is 2. The van der Waals surface area contributed by atoms with E-state index in [1.807, 2.05) is 29.6 Å². The highest BCUT2D eigenvalue weighted by atomic mass is 32.1. The second-order valence-corrected chi connectivity index (χ2v) is 7.83. The lowest BCUT2D eigenvalue weighted by Gasteiger charge is -2.34. The van der Waals surface area contributed by atoms with Crippen molar-refractivity contribution in [1.82, 2.24) is 5.32 Å². The molecule has 140 valence electrons. The van der Waals surface area contributed by atoms with E-state index in [2.05, 4.69) is 11.4 Å². The van der Waals surface area contributed by atoms with Crippen LogP contribution in [0.15, 0.2) is 47.0 Å². The number of hydrogen-bond acceptors (Lipinski definition) is 5. The van der Waals surface area contributed by atoms with E-state index >= 15 is 0 Å². The van der Waals surface area contributed by atoms with Gasteiger partial charge in [0.05, 0.1) is 14.2 Å². The molecule has 5 nitrogen and oxygen atoms in total. The van der Waals surface area contributed by atoms with Crippen molar-refractivity contribution in [2.45, 2.75) is 31.1 Å². The fourth-order valence-corrected chi connectivity index (χ4v) is 4.89. The number of carbonyl (C=O) groups is 2. The zero-order valence-electron chi connectivity index (χ0n) is 15.3. The summed E-state index contributed by atoms with van der Waals surface area (Å²) in [4.78, 5) is 26.7. The maximum atomic E-state index is 13.1. The lowest BCUT2D eigenvalue weighted by Crippen LogP contribution is -2.38. The highest BCUT2D eigenvalue weighted by Crippen LogP contribution is 2.45. The van der Waals surface area contributed by atoms with Crippen LogP contribution < -0.4 is 14.8 Å². The Bertz CT molecular complexity index is 916. The molecule has 0 unspecified atom stereocenters. The molecular formula is C21H21NO4S. The molecule has 0 radical (unpaired) electrons. The van der Waals surface area contributed by atoms with Crippen LogP contribution >= 0.6 is 11.3 Å². The van der Waals surface area contributed by atoms with Crippen LogP contribution in [0.3, 0.4) is 0 Å². The number of benzene rings is 1. The first kappa shape index (κ1) is 17.8. The smallest absolute Gasteiger partial charge is 0.225 e. The molecule has 2 atom stereocenters. The van der Waals surface area contributed by atoms with Gasteiger partial charge in [0, 0.05) is 46.4 Å². The third-order valence-electron chi connectivity index (χ3n) is 5.29. The molecule has 0 bridgehead atoms. The van der Waals surface area contributed by atoms with Gasteiger partial charge in [-0.3, -0.25) is 9.59 Å². The van der Waals surface area contributed by atoms with Crippen LogP contribution in [-0.2, 0) is 9.59 Å². The van der Waals surface area contributed by atoms with Crippen molar-refractivity contribution in [3.05, 3.63) is 57.4 Å². The summed E-state index contributed by atoms with van der Waals surface area (Å²) >= 11 is 1.66. The predicted molar refractivity (Wildman–Crippen MR) is 103 cm³/mol. The van der Waals surface area contributed by atoms with E-state index in [1.54, 1.807) is 25.6 Å². The average molecular weight is 383 g/mol. The van der Waals surface area contributed by atoms with E-state index in [0.717, 1.165) is 11.3 Å². The molecule has 1 amide bonds. The Balaban J connectivity index is 1.77. The van der Waals surface area contributed by atoms with Crippen molar-refractivity contribution in [3.63, 3.8) is 0 Å². The van der Waals surface area contributed by atoms with Crippen LogP contribution in [-0.4, -0.2) is 25.9 Å². The second-order valence-electron chi connectivity index (χ2n) is 6.85. The van der Waals surface area contributed by atoms with E-state index in [4.69, 9.17) is 9.47 Å². The van der Waals surface area contributed by atoms with E-state index in [-0.39, 0.29) is 29.9 Å². The molecule has 0 saturated heterocycles. The molecule has 1 aromatic heterocycles. The van der Waals surface area contributed by atoms with Crippen molar-refractivity contribution in [3.8, 4) is 11.5 Å². The third kappa shape index (κ3) is 3.25. The van der Waals surface area contributed by atoms with Crippen molar-refractivity contribution < 1.29 is 19.1 Å². The van der Waals surface area contributed by atoms with Crippen LogP contribution in [0.5, 0.6) is 11.5 Å². The molecule has 1 aliphatic heterocycles. The summed E-state index contributed by atoms with van der Waals surface area (Å²) in [6.45, 7) is 0. The highest BCUT2D eigenvalue weighted by molar-refractivity contribution is 7.10. The summed E-state index contributed by atoms with van der Waals surface area (Å²) in [7, 11) is 3.19. The monoisotopic (exact) mass is 383 g/mol. The summed E-state index contributed by atoms with van der Waals surface area (Å²) in [5.41, 5.74) is 2.30. The first-order valence-electron chi connectivity index (χ1n) is 8.92. The number of hydrogen-bond donors (Lipinski definition) is 1. The molecule has 2 aliphatic rings. The van der Waals surface area contributed by atoms with Gasteiger partial charge in [-0.1, -0.05) is 6.07 Å². The molecule has 0 spiro atoms. The molecular weight excluding hydrogens is 362 g/mol. The Hall–Kier alpha value is -2.60. The minimum atomic E-state index is -0.310. The zero-order chi connectivity index (χ0) is 19.0. The number of allylic oxidation sites excluding steroid dienone is 2. The molecule has 6 heteroatoms. The van der Waals surface area contributed by atoms with Gasteiger partial charge in [-0.2, -0.15) is 0 Å². The number of Topliss-reactive ketones (excluding diaryl/α,β-unsaturated/α-hetero) is 1. The van der Waals surface area contributed by atoms with Gasteiger partial charge in [-0.05, 0) is 36.1 Å². The quantitative estimate of drug-likeness (QED) is 0.873. The van der Waals surface area contributed by atoms with Gasteiger partial charge in [-0.25, -0.2) is 0 Å². The first-order valence-corrected chi connectivity index (χ1v) is 9.80. The van der Waals surface area contributed by atoms with Crippen LogP contribution in [0.1, 0.15) is 41.5 Å². The van der Waals surface area contributed by atoms with Crippen LogP contribution in [0.4, 0.5) is 0 Å². The molecule has 1 aliphatic carbocycles. The topological polar surface area (TPSA) is 64.6 Å².